The molecular formula is C26H20F4N2O3. The number of ether oxygens (including phenoxy) is 1. The van der Waals surface area contributed by atoms with E-state index in [4.69, 9.17) is 4.74 Å². The maximum Gasteiger partial charge on any atom is 0.416 e. The van der Waals surface area contributed by atoms with Gasteiger partial charge in [0.25, 0.3) is 5.91 Å². The summed E-state index contributed by atoms with van der Waals surface area (Å²) >= 11 is 0. The third-order valence-corrected chi connectivity index (χ3v) is 5.43. The molecule has 4 aromatic rings. The molecule has 0 radical (unpaired) electrons. The van der Waals surface area contributed by atoms with E-state index in [1.54, 1.807) is 37.3 Å². The SMILES string of the molecule is CCOC(=O)c1cc2c(-c3ccc(C(=O)NCc4cc(C(F)(F)F)ccc4F)cc3)cccc2[nH]1. The number of carbonyl (C=O) groups excluding carboxylic acids is 2. The smallest absolute Gasteiger partial charge is 0.416 e. The first-order valence-corrected chi connectivity index (χ1v) is 10.7. The first-order valence-electron chi connectivity index (χ1n) is 10.7. The van der Waals surface area contributed by atoms with E-state index in [9.17, 15) is 27.2 Å². The highest BCUT2D eigenvalue weighted by Gasteiger charge is 2.31. The molecule has 0 fully saturated rings. The van der Waals surface area contributed by atoms with Crippen LogP contribution in [0.5, 0.6) is 0 Å². The van der Waals surface area contributed by atoms with Crippen molar-refractivity contribution >= 4 is 22.8 Å². The lowest BCUT2D eigenvalue weighted by Crippen LogP contribution is -2.23. The summed E-state index contributed by atoms with van der Waals surface area (Å²) in [5.41, 5.74) is 1.69. The molecule has 35 heavy (non-hydrogen) atoms. The third kappa shape index (κ3) is 5.18. The van der Waals surface area contributed by atoms with Gasteiger partial charge in [-0.25, -0.2) is 9.18 Å². The maximum absolute atomic E-state index is 13.9. The summed E-state index contributed by atoms with van der Waals surface area (Å²) in [6.45, 7) is 1.58. The Morgan fingerprint density at radius 1 is 1.00 bits per heavy atom. The van der Waals surface area contributed by atoms with Crippen molar-refractivity contribution in [3.05, 3.63) is 94.9 Å². The Kier molecular flexibility index (Phi) is 6.59. The van der Waals surface area contributed by atoms with E-state index in [1.165, 1.54) is 0 Å². The predicted octanol–water partition coefficient (Wildman–Crippen LogP) is 6.10. The zero-order chi connectivity index (χ0) is 25.2. The number of rotatable bonds is 6. The molecule has 0 unspecified atom stereocenters. The first-order chi connectivity index (χ1) is 16.7. The van der Waals surface area contributed by atoms with Gasteiger partial charge in [0.1, 0.15) is 11.5 Å². The maximum atomic E-state index is 13.9. The molecule has 0 aliphatic carbocycles. The van der Waals surface area contributed by atoms with Crippen molar-refractivity contribution < 1.29 is 31.9 Å². The second kappa shape index (κ2) is 9.61. The number of carbonyl (C=O) groups is 2. The number of aromatic nitrogens is 1. The molecule has 0 saturated carbocycles. The Morgan fingerprint density at radius 3 is 2.43 bits per heavy atom. The zero-order valence-electron chi connectivity index (χ0n) is 18.5. The number of esters is 1. The van der Waals surface area contributed by atoms with Gasteiger partial charge in [-0.1, -0.05) is 24.3 Å². The molecule has 9 heteroatoms. The van der Waals surface area contributed by atoms with Crippen molar-refractivity contribution in [2.24, 2.45) is 0 Å². The molecule has 5 nitrogen and oxygen atoms in total. The van der Waals surface area contributed by atoms with E-state index in [2.05, 4.69) is 10.3 Å². The van der Waals surface area contributed by atoms with E-state index < -0.39 is 36.0 Å². The molecule has 4 rings (SSSR count). The van der Waals surface area contributed by atoms with Crippen LogP contribution in [0.25, 0.3) is 22.0 Å². The van der Waals surface area contributed by atoms with Gasteiger partial charge in [-0.15, -0.1) is 0 Å². The van der Waals surface area contributed by atoms with Gasteiger partial charge in [-0.05, 0) is 60.5 Å². The molecule has 1 amide bonds. The molecule has 0 spiro atoms. The van der Waals surface area contributed by atoms with E-state index in [0.717, 1.165) is 28.1 Å². The Hall–Kier alpha value is -4.14. The highest BCUT2D eigenvalue weighted by Crippen LogP contribution is 2.31. The van der Waals surface area contributed by atoms with E-state index in [1.807, 2.05) is 18.2 Å². The minimum absolute atomic E-state index is 0.255. The Bertz CT molecular complexity index is 1390. The molecule has 0 aliphatic rings. The molecule has 0 saturated heterocycles. The Balaban J connectivity index is 1.51. The number of H-pyrrole nitrogens is 1. The van der Waals surface area contributed by atoms with Crippen LogP contribution in [-0.2, 0) is 17.5 Å². The van der Waals surface area contributed by atoms with Crippen LogP contribution in [0, 0.1) is 5.82 Å². The van der Waals surface area contributed by atoms with E-state index in [0.29, 0.717) is 17.8 Å². The van der Waals surface area contributed by atoms with Gasteiger partial charge in [-0.3, -0.25) is 4.79 Å². The second-order valence-corrected chi connectivity index (χ2v) is 7.73. The number of nitrogens with one attached hydrogen (secondary N) is 2. The lowest BCUT2D eigenvalue weighted by molar-refractivity contribution is -0.137. The molecule has 180 valence electrons. The van der Waals surface area contributed by atoms with Gasteiger partial charge >= 0.3 is 12.1 Å². The van der Waals surface area contributed by atoms with E-state index in [-0.39, 0.29) is 17.7 Å². The lowest BCUT2D eigenvalue weighted by Gasteiger charge is -2.11. The van der Waals surface area contributed by atoms with Crippen molar-refractivity contribution in [2.45, 2.75) is 19.6 Å². The van der Waals surface area contributed by atoms with Crippen molar-refractivity contribution in [2.75, 3.05) is 6.61 Å². The van der Waals surface area contributed by atoms with Gasteiger partial charge in [0.15, 0.2) is 0 Å². The quantitative estimate of drug-likeness (QED) is 0.257. The molecule has 3 aromatic carbocycles. The van der Waals surface area contributed by atoms with E-state index >= 15 is 0 Å². The van der Waals surface area contributed by atoms with Crippen LogP contribution < -0.4 is 5.32 Å². The predicted molar refractivity (Wildman–Crippen MR) is 122 cm³/mol. The summed E-state index contributed by atoms with van der Waals surface area (Å²) in [6, 6.07) is 15.8. The van der Waals surface area contributed by atoms with Crippen LogP contribution in [0.2, 0.25) is 0 Å². The fraction of sp³-hybridized carbons (Fsp3) is 0.154. The summed E-state index contributed by atoms with van der Waals surface area (Å²) in [5.74, 6) is -1.85. The van der Waals surface area contributed by atoms with Crippen LogP contribution in [0.1, 0.15) is 38.9 Å². The van der Waals surface area contributed by atoms with Crippen molar-refractivity contribution in [1.29, 1.82) is 0 Å². The van der Waals surface area contributed by atoms with Gasteiger partial charge in [0.05, 0.1) is 12.2 Å². The molecule has 0 atom stereocenters. The third-order valence-electron chi connectivity index (χ3n) is 5.43. The van der Waals surface area contributed by atoms with Crippen molar-refractivity contribution in [3.63, 3.8) is 0 Å². The summed E-state index contributed by atoms with van der Waals surface area (Å²) in [6.07, 6.45) is -4.61. The molecule has 1 aromatic heterocycles. The summed E-state index contributed by atoms with van der Waals surface area (Å²) < 4.78 is 57.6. The number of alkyl halides is 3. The fourth-order valence-electron chi connectivity index (χ4n) is 3.69. The average Bonchev–Trinajstić information content (AvgIpc) is 3.28. The Morgan fingerprint density at radius 2 is 1.74 bits per heavy atom. The van der Waals surface area contributed by atoms with Crippen LogP contribution in [-0.4, -0.2) is 23.5 Å². The number of hydrogen-bond acceptors (Lipinski definition) is 3. The normalized spacial score (nSPS) is 11.5. The van der Waals surface area contributed by atoms with Gasteiger partial charge in [-0.2, -0.15) is 13.2 Å². The van der Waals surface area contributed by atoms with Crippen LogP contribution in [0.15, 0.2) is 66.7 Å². The largest absolute Gasteiger partial charge is 0.461 e. The number of halogens is 4. The number of amides is 1. The number of hydrogen-bond donors (Lipinski definition) is 2. The first kappa shape index (κ1) is 24.0. The van der Waals surface area contributed by atoms with Crippen LogP contribution >= 0.6 is 0 Å². The number of aromatic amines is 1. The second-order valence-electron chi connectivity index (χ2n) is 7.73. The summed E-state index contributed by atoms with van der Waals surface area (Å²) in [5, 5.41) is 3.25. The van der Waals surface area contributed by atoms with Crippen LogP contribution in [0.3, 0.4) is 0 Å². The summed E-state index contributed by atoms with van der Waals surface area (Å²) in [7, 11) is 0. The van der Waals surface area contributed by atoms with Crippen LogP contribution in [0.4, 0.5) is 17.6 Å². The molecule has 0 aliphatic heterocycles. The van der Waals surface area contributed by atoms with Gasteiger partial charge in [0, 0.05) is 28.6 Å². The summed E-state index contributed by atoms with van der Waals surface area (Å²) in [4.78, 5) is 27.6. The molecule has 1 heterocycles. The fourth-order valence-corrected chi connectivity index (χ4v) is 3.69. The van der Waals surface area contributed by atoms with Crippen molar-refractivity contribution in [3.8, 4) is 11.1 Å². The minimum atomic E-state index is -4.61. The van der Waals surface area contributed by atoms with Gasteiger partial charge < -0.3 is 15.0 Å². The molecule has 2 N–H and O–H groups in total. The minimum Gasteiger partial charge on any atom is -0.461 e. The topological polar surface area (TPSA) is 71.2 Å². The average molecular weight is 484 g/mol. The molecular weight excluding hydrogens is 464 g/mol. The zero-order valence-corrected chi connectivity index (χ0v) is 18.5. The number of fused-ring (bicyclic) bond motifs is 1. The Labute approximate surface area is 197 Å². The lowest BCUT2D eigenvalue weighted by atomic mass is 10.00. The number of benzene rings is 3. The monoisotopic (exact) mass is 484 g/mol. The standard InChI is InChI=1S/C26H20F4N2O3/c1-2-35-25(34)23-13-20-19(4-3-5-22(20)32-23)15-6-8-16(9-7-15)24(33)31-14-17-12-18(26(28,29)30)10-11-21(17)27/h3-13,32H,2,14H2,1H3,(H,31,33). The highest BCUT2D eigenvalue weighted by atomic mass is 19.4. The van der Waals surface area contributed by atoms with Gasteiger partial charge in [0.2, 0.25) is 0 Å². The van der Waals surface area contributed by atoms with Crippen molar-refractivity contribution in [1.82, 2.24) is 10.3 Å². The highest BCUT2D eigenvalue weighted by molar-refractivity contribution is 6.02. The molecule has 0 bridgehead atoms.